The molecule has 30 heavy (non-hydrogen) atoms. The number of carbonyl (C=O) groups is 1. The van der Waals surface area contributed by atoms with Crippen LogP contribution in [0.2, 0.25) is 0 Å². The molecule has 0 spiro atoms. The molecular weight excluding hydrogens is 376 g/mol. The summed E-state index contributed by atoms with van der Waals surface area (Å²) in [6.45, 7) is 0. The normalized spacial score (nSPS) is 14.7. The van der Waals surface area contributed by atoms with Gasteiger partial charge in [0.15, 0.2) is 5.75 Å². The van der Waals surface area contributed by atoms with Gasteiger partial charge in [0.2, 0.25) is 5.90 Å². The second-order valence-corrected chi connectivity index (χ2v) is 7.03. The first-order valence-corrected chi connectivity index (χ1v) is 9.54. The van der Waals surface area contributed by atoms with Gasteiger partial charge in [-0.2, -0.15) is 0 Å². The van der Waals surface area contributed by atoms with Gasteiger partial charge in [-0.25, -0.2) is 9.79 Å². The molecule has 0 unspecified atom stereocenters. The van der Waals surface area contributed by atoms with Crippen molar-refractivity contribution in [3.8, 4) is 11.5 Å². The van der Waals surface area contributed by atoms with Gasteiger partial charge in [-0.1, -0.05) is 48.5 Å². The van der Waals surface area contributed by atoms with Crippen molar-refractivity contribution in [3.63, 3.8) is 0 Å². The summed E-state index contributed by atoms with van der Waals surface area (Å²) in [6, 6.07) is 22.9. The number of esters is 1. The Morgan fingerprint density at radius 2 is 1.63 bits per heavy atom. The molecule has 1 aromatic heterocycles. The topological polar surface area (TPSA) is 60.8 Å². The van der Waals surface area contributed by atoms with E-state index >= 15 is 0 Å². The molecule has 0 saturated carbocycles. The highest BCUT2D eigenvalue weighted by molar-refractivity contribution is 6.28. The second-order valence-electron chi connectivity index (χ2n) is 7.03. The highest BCUT2D eigenvalue weighted by atomic mass is 16.5. The van der Waals surface area contributed by atoms with Crippen molar-refractivity contribution in [3.05, 3.63) is 102 Å². The van der Waals surface area contributed by atoms with Crippen molar-refractivity contribution >= 4 is 33.9 Å². The van der Waals surface area contributed by atoms with Crippen molar-refractivity contribution in [2.45, 2.75) is 0 Å². The molecule has 4 aromatic rings. The van der Waals surface area contributed by atoms with E-state index in [1.54, 1.807) is 30.6 Å². The number of aliphatic imine (C=N–C) groups is 1. The molecule has 6 rings (SSSR count). The lowest BCUT2D eigenvalue weighted by Gasteiger charge is -2.24. The number of rotatable bonds is 1. The van der Waals surface area contributed by atoms with E-state index in [1.165, 1.54) is 0 Å². The van der Waals surface area contributed by atoms with Crippen molar-refractivity contribution in [1.29, 1.82) is 0 Å². The molecule has 2 aliphatic rings. The van der Waals surface area contributed by atoms with E-state index in [4.69, 9.17) is 9.47 Å². The molecule has 2 aliphatic heterocycles. The third-order valence-electron chi connectivity index (χ3n) is 5.26. The Morgan fingerprint density at radius 1 is 0.767 bits per heavy atom. The molecule has 0 fully saturated rings. The van der Waals surface area contributed by atoms with Gasteiger partial charge in [-0.3, -0.25) is 4.98 Å². The van der Waals surface area contributed by atoms with Crippen LogP contribution >= 0.6 is 0 Å². The number of ether oxygens (including phenoxy) is 2. The molecule has 3 heterocycles. The number of carbonyl (C=O) groups excluding carboxylic acids is 1. The molecule has 0 amide bonds. The Kier molecular flexibility index (Phi) is 3.55. The lowest BCUT2D eigenvalue weighted by Crippen LogP contribution is -2.26. The Labute approximate surface area is 171 Å². The molecule has 0 saturated heterocycles. The number of para-hydroxylation sites is 2. The van der Waals surface area contributed by atoms with Crippen LogP contribution in [0.3, 0.4) is 0 Å². The van der Waals surface area contributed by atoms with Crippen LogP contribution in [-0.2, 0) is 4.79 Å². The molecule has 0 atom stereocenters. The maximum atomic E-state index is 13.2. The molecule has 0 radical (unpaired) electrons. The zero-order valence-corrected chi connectivity index (χ0v) is 15.7. The zero-order chi connectivity index (χ0) is 20.1. The van der Waals surface area contributed by atoms with Crippen molar-refractivity contribution in [1.82, 2.24) is 4.98 Å². The second kappa shape index (κ2) is 6.39. The highest BCUT2D eigenvalue weighted by Crippen LogP contribution is 2.44. The first-order valence-electron chi connectivity index (χ1n) is 9.54. The van der Waals surface area contributed by atoms with Crippen LogP contribution in [0.15, 0.2) is 95.8 Å². The minimum Gasteiger partial charge on any atom is -0.437 e. The number of nitrogens with zero attached hydrogens (tertiary/aromatic N) is 2. The lowest BCUT2D eigenvalue weighted by molar-refractivity contribution is -0.129. The average Bonchev–Trinajstić information content (AvgIpc) is 2.93. The van der Waals surface area contributed by atoms with Gasteiger partial charge in [-0.05, 0) is 29.7 Å². The van der Waals surface area contributed by atoms with Gasteiger partial charge in [0.05, 0.1) is 0 Å². The van der Waals surface area contributed by atoms with E-state index < -0.39 is 5.97 Å². The number of hydrogen-bond acceptors (Lipinski definition) is 5. The molecule has 142 valence electrons. The van der Waals surface area contributed by atoms with Crippen molar-refractivity contribution in [2.24, 2.45) is 4.99 Å². The Bertz CT molecular complexity index is 1400. The van der Waals surface area contributed by atoms with Crippen LogP contribution in [0.4, 0.5) is 5.69 Å². The van der Waals surface area contributed by atoms with E-state index in [9.17, 15) is 4.79 Å². The number of hydrogen-bond donors (Lipinski definition) is 0. The standard InChI is InChI=1S/C25H14N2O3/c28-25-22-21(16-7-5-13-26-14-16)18-12-11-15-6-1-2-8-17(15)23(18)30-24(22)27-19-9-3-4-10-20(19)29-25/h1-14H. The van der Waals surface area contributed by atoms with Crippen LogP contribution in [0, 0.1) is 0 Å². The number of aromatic nitrogens is 1. The Balaban J connectivity index is 1.72. The Morgan fingerprint density at radius 3 is 2.53 bits per heavy atom. The number of benzene rings is 3. The Hall–Kier alpha value is -4.25. The predicted molar refractivity (Wildman–Crippen MR) is 114 cm³/mol. The molecule has 0 bridgehead atoms. The van der Waals surface area contributed by atoms with E-state index in [1.807, 2.05) is 54.6 Å². The van der Waals surface area contributed by atoms with Gasteiger partial charge >= 0.3 is 5.97 Å². The highest BCUT2D eigenvalue weighted by Gasteiger charge is 2.36. The summed E-state index contributed by atoms with van der Waals surface area (Å²) >= 11 is 0. The van der Waals surface area contributed by atoms with Gasteiger partial charge < -0.3 is 9.47 Å². The summed E-state index contributed by atoms with van der Waals surface area (Å²) in [7, 11) is 0. The van der Waals surface area contributed by atoms with Gasteiger partial charge in [0.1, 0.15) is 17.0 Å². The zero-order valence-electron chi connectivity index (χ0n) is 15.7. The molecule has 0 N–H and O–H groups in total. The van der Waals surface area contributed by atoms with Crippen LogP contribution in [0.1, 0.15) is 11.1 Å². The molecule has 3 aromatic carbocycles. The minimum absolute atomic E-state index is 0.229. The van der Waals surface area contributed by atoms with Crippen LogP contribution < -0.4 is 9.47 Å². The van der Waals surface area contributed by atoms with Crippen LogP contribution in [0.25, 0.3) is 16.3 Å². The number of pyridine rings is 1. The van der Waals surface area contributed by atoms with E-state index in [0.29, 0.717) is 28.3 Å². The largest absolute Gasteiger partial charge is 0.437 e. The van der Waals surface area contributed by atoms with E-state index in [-0.39, 0.29) is 5.90 Å². The third-order valence-corrected chi connectivity index (χ3v) is 5.26. The maximum Gasteiger partial charge on any atom is 0.349 e. The summed E-state index contributed by atoms with van der Waals surface area (Å²) in [5.41, 5.74) is 3.14. The van der Waals surface area contributed by atoms with Crippen molar-refractivity contribution < 1.29 is 14.3 Å². The summed E-state index contributed by atoms with van der Waals surface area (Å²) in [6.07, 6.45) is 3.43. The summed E-state index contributed by atoms with van der Waals surface area (Å²) in [5, 5.41) is 1.99. The summed E-state index contributed by atoms with van der Waals surface area (Å²) < 4.78 is 11.9. The van der Waals surface area contributed by atoms with Crippen molar-refractivity contribution in [2.75, 3.05) is 0 Å². The predicted octanol–water partition coefficient (Wildman–Crippen LogP) is 5.08. The van der Waals surface area contributed by atoms with Gasteiger partial charge in [0.25, 0.3) is 0 Å². The molecule has 5 heteroatoms. The minimum atomic E-state index is -0.503. The van der Waals surface area contributed by atoms with Crippen LogP contribution in [0.5, 0.6) is 11.5 Å². The molecule has 5 nitrogen and oxygen atoms in total. The molecular formula is C25H14N2O3. The quantitative estimate of drug-likeness (QED) is 0.336. The average molecular weight is 390 g/mol. The lowest BCUT2D eigenvalue weighted by atomic mass is 9.89. The fourth-order valence-electron chi connectivity index (χ4n) is 3.91. The number of fused-ring (bicyclic) bond motifs is 5. The fraction of sp³-hybridized carbons (Fsp3) is 0. The van der Waals surface area contributed by atoms with Crippen LogP contribution in [-0.4, -0.2) is 16.9 Å². The fourth-order valence-corrected chi connectivity index (χ4v) is 3.91. The van der Waals surface area contributed by atoms with E-state index in [0.717, 1.165) is 21.9 Å². The SMILES string of the molecule is O=C1Oc2ccccc2N=C2Oc3c(ccc4ccccc34)C(c3cccnc3)=C12. The smallest absolute Gasteiger partial charge is 0.349 e. The van der Waals surface area contributed by atoms with E-state index in [2.05, 4.69) is 9.98 Å². The summed E-state index contributed by atoms with van der Waals surface area (Å²) in [5.74, 6) is 0.797. The van der Waals surface area contributed by atoms with Gasteiger partial charge in [-0.15, -0.1) is 0 Å². The monoisotopic (exact) mass is 390 g/mol. The van der Waals surface area contributed by atoms with Gasteiger partial charge in [0, 0.05) is 34.5 Å². The first kappa shape index (κ1) is 16.7. The third kappa shape index (κ3) is 2.46. The first-order chi connectivity index (χ1) is 14.8. The summed E-state index contributed by atoms with van der Waals surface area (Å²) in [4.78, 5) is 22.1. The maximum absolute atomic E-state index is 13.2. The molecule has 0 aliphatic carbocycles.